The van der Waals surface area contributed by atoms with Crippen molar-refractivity contribution in [2.75, 3.05) is 10.6 Å². The molecule has 0 saturated carbocycles. The summed E-state index contributed by atoms with van der Waals surface area (Å²) in [6, 6.07) is 15.1. The van der Waals surface area contributed by atoms with E-state index in [0.29, 0.717) is 11.4 Å². The molecule has 0 aliphatic rings. The predicted molar refractivity (Wildman–Crippen MR) is 108 cm³/mol. The molecule has 26 heavy (non-hydrogen) atoms. The third kappa shape index (κ3) is 4.46. The molecule has 0 radical (unpaired) electrons. The molecule has 1 aromatic heterocycles. The van der Waals surface area contributed by atoms with E-state index in [1.165, 1.54) is 6.33 Å². The van der Waals surface area contributed by atoms with Gasteiger partial charge in [-0.2, -0.15) is 0 Å². The Kier molecular flexibility index (Phi) is 5.63. The van der Waals surface area contributed by atoms with Crippen molar-refractivity contribution in [1.82, 2.24) is 9.97 Å². The lowest BCUT2D eigenvalue weighted by atomic mass is 10.1. The van der Waals surface area contributed by atoms with Crippen LogP contribution in [0.1, 0.15) is 28.5 Å². The Labute approximate surface area is 161 Å². The van der Waals surface area contributed by atoms with E-state index in [0.717, 1.165) is 33.5 Å². The molecule has 0 unspecified atom stereocenters. The van der Waals surface area contributed by atoms with Crippen molar-refractivity contribution in [2.45, 2.75) is 20.3 Å². The van der Waals surface area contributed by atoms with Crippen LogP contribution in [0.5, 0.6) is 0 Å². The van der Waals surface area contributed by atoms with Crippen molar-refractivity contribution < 1.29 is 4.79 Å². The van der Waals surface area contributed by atoms with Gasteiger partial charge in [0.25, 0.3) is 5.91 Å². The lowest BCUT2D eigenvalue weighted by Gasteiger charge is -2.13. The first-order valence-corrected chi connectivity index (χ1v) is 9.10. The van der Waals surface area contributed by atoms with Gasteiger partial charge >= 0.3 is 0 Å². The quantitative estimate of drug-likeness (QED) is 0.613. The van der Waals surface area contributed by atoms with Gasteiger partial charge in [-0.25, -0.2) is 9.97 Å². The molecule has 0 atom stereocenters. The Morgan fingerprint density at radius 3 is 2.69 bits per heavy atom. The number of rotatable bonds is 5. The normalized spacial score (nSPS) is 10.4. The van der Waals surface area contributed by atoms with Gasteiger partial charge in [0.15, 0.2) is 0 Å². The maximum absolute atomic E-state index is 12.6. The van der Waals surface area contributed by atoms with E-state index in [9.17, 15) is 4.79 Å². The molecule has 6 heteroatoms. The molecule has 2 aromatic carbocycles. The lowest BCUT2D eigenvalue weighted by molar-refractivity contribution is 0.102. The highest BCUT2D eigenvalue weighted by atomic mass is 79.9. The molecule has 0 spiro atoms. The Morgan fingerprint density at radius 2 is 1.96 bits per heavy atom. The van der Waals surface area contributed by atoms with Crippen molar-refractivity contribution in [3.63, 3.8) is 0 Å². The molecule has 2 N–H and O–H groups in total. The van der Waals surface area contributed by atoms with Crippen LogP contribution in [0.25, 0.3) is 0 Å². The van der Waals surface area contributed by atoms with Crippen LogP contribution in [0, 0.1) is 6.92 Å². The van der Waals surface area contributed by atoms with Gasteiger partial charge in [0, 0.05) is 33.2 Å². The summed E-state index contributed by atoms with van der Waals surface area (Å²) in [7, 11) is 0. The molecule has 3 aromatic rings. The molecule has 0 bridgehead atoms. The Morgan fingerprint density at radius 1 is 1.12 bits per heavy atom. The van der Waals surface area contributed by atoms with Crippen LogP contribution in [0.15, 0.2) is 59.3 Å². The largest absolute Gasteiger partial charge is 0.340 e. The average molecular weight is 411 g/mol. The monoisotopic (exact) mass is 410 g/mol. The van der Waals surface area contributed by atoms with Crippen molar-refractivity contribution in [2.24, 2.45) is 0 Å². The lowest BCUT2D eigenvalue weighted by Crippen LogP contribution is -2.13. The second-order valence-corrected chi connectivity index (χ2v) is 6.78. The van der Waals surface area contributed by atoms with Crippen LogP contribution < -0.4 is 10.6 Å². The fourth-order valence-electron chi connectivity index (χ4n) is 2.57. The second kappa shape index (κ2) is 8.10. The Balaban J connectivity index is 1.84. The van der Waals surface area contributed by atoms with Gasteiger partial charge in [0.1, 0.15) is 12.1 Å². The van der Waals surface area contributed by atoms with E-state index >= 15 is 0 Å². The molecular formula is C20H19BrN4O. The molecular weight excluding hydrogens is 392 g/mol. The van der Waals surface area contributed by atoms with Gasteiger partial charge in [-0.05, 0) is 49.2 Å². The third-order valence-corrected chi connectivity index (χ3v) is 4.40. The number of hydrogen-bond acceptors (Lipinski definition) is 4. The fraction of sp³-hybridized carbons (Fsp3) is 0.150. The second-order valence-electron chi connectivity index (χ2n) is 5.86. The molecule has 5 nitrogen and oxygen atoms in total. The maximum Gasteiger partial charge on any atom is 0.255 e. The highest BCUT2D eigenvalue weighted by Gasteiger charge is 2.10. The molecule has 0 aliphatic heterocycles. The minimum atomic E-state index is -0.143. The third-order valence-electron chi connectivity index (χ3n) is 3.90. The van der Waals surface area contributed by atoms with Crippen LogP contribution in [-0.2, 0) is 6.42 Å². The molecule has 0 fully saturated rings. The Hall–Kier alpha value is -2.73. The van der Waals surface area contributed by atoms with Gasteiger partial charge in [-0.1, -0.05) is 35.0 Å². The van der Waals surface area contributed by atoms with Crippen LogP contribution >= 0.6 is 15.9 Å². The summed E-state index contributed by atoms with van der Waals surface area (Å²) in [5, 5.41) is 6.26. The van der Waals surface area contributed by atoms with E-state index < -0.39 is 0 Å². The minimum absolute atomic E-state index is 0.143. The van der Waals surface area contributed by atoms with Crippen molar-refractivity contribution in [3.8, 4) is 0 Å². The molecule has 0 aliphatic carbocycles. The molecule has 3 rings (SSSR count). The standard InChI is InChI=1S/C20H19BrN4O/c1-3-14-7-8-17(24-19-9-13(2)22-12-23-19)11-18(14)25-20(26)15-5-4-6-16(21)10-15/h4-12H,3H2,1-2H3,(H,25,26)(H,22,23,24). The number of hydrogen-bond donors (Lipinski definition) is 2. The summed E-state index contributed by atoms with van der Waals surface area (Å²) < 4.78 is 0.871. The summed E-state index contributed by atoms with van der Waals surface area (Å²) in [5.74, 6) is 0.571. The highest BCUT2D eigenvalue weighted by Crippen LogP contribution is 2.25. The molecule has 132 valence electrons. The summed E-state index contributed by atoms with van der Waals surface area (Å²) in [4.78, 5) is 20.9. The number of benzene rings is 2. The zero-order valence-electron chi connectivity index (χ0n) is 14.6. The number of aromatic nitrogens is 2. The van der Waals surface area contributed by atoms with E-state index in [1.807, 2.05) is 43.3 Å². The predicted octanol–water partition coefficient (Wildman–Crippen LogP) is 5.11. The first kappa shape index (κ1) is 18.1. The van der Waals surface area contributed by atoms with Gasteiger partial charge in [0.05, 0.1) is 0 Å². The van der Waals surface area contributed by atoms with Crippen molar-refractivity contribution in [1.29, 1.82) is 0 Å². The number of halogens is 1. The number of amides is 1. The van der Waals surface area contributed by atoms with E-state index in [4.69, 9.17) is 0 Å². The molecule has 1 amide bonds. The SMILES string of the molecule is CCc1ccc(Nc2cc(C)ncn2)cc1NC(=O)c1cccc(Br)c1. The molecule has 1 heterocycles. The summed E-state index contributed by atoms with van der Waals surface area (Å²) >= 11 is 3.40. The zero-order chi connectivity index (χ0) is 18.5. The zero-order valence-corrected chi connectivity index (χ0v) is 16.2. The summed E-state index contributed by atoms with van der Waals surface area (Å²) in [6.45, 7) is 3.97. The smallest absolute Gasteiger partial charge is 0.255 e. The fourth-order valence-corrected chi connectivity index (χ4v) is 2.97. The Bertz CT molecular complexity index is 943. The van der Waals surface area contributed by atoms with E-state index in [2.05, 4.69) is 43.5 Å². The van der Waals surface area contributed by atoms with Gasteiger partial charge < -0.3 is 10.6 Å². The first-order chi connectivity index (χ1) is 12.5. The van der Waals surface area contributed by atoms with Crippen LogP contribution in [0.3, 0.4) is 0 Å². The van der Waals surface area contributed by atoms with E-state index in [-0.39, 0.29) is 5.91 Å². The van der Waals surface area contributed by atoms with Crippen LogP contribution in [0.4, 0.5) is 17.2 Å². The number of carbonyl (C=O) groups excluding carboxylic acids is 1. The summed E-state index contributed by atoms with van der Waals surface area (Å²) in [5.41, 5.74) is 4.19. The van der Waals surface area contributed by atoms with E-state index in [1.54, 1.807) is 12.1 Å². The average Bonchev–Trinajstić information content (AvgIpc) is 2.62. The van der Waals surface area contributed by atoms with Crippen LogP contribution in [-0.4, -0.2) is 15.9 Å². The first-order valence-electron chi connectivity index (χ1n) is 8.30. The topological polar surface area (TPSA) is 66.9 Å². The van der Waals surface area contributed by atoms with Crippen molar-refractivity contribution in [3.05, 3.63) is 76.2 Å². The van der Waals surface area contributed by atoms with Crippen molar-refractivity contribution >= 4 is 39.0 Å². The molecule has 0 saturated heterocycles. The van der Waals surface area contributed by atoms with Crippen LogP contribution in [0.2, 0.25) is 0 Å². The number of nitrogens with one attached hydrogen (secondary N) is 2. The van der Waals surface area contributed by atoms with Gasteiger partial charge in [-0.15, -0.1) is 0 Å². The number of aryl methyl sites for hydroxylation is 2. The summed E-state index contributed by atoms with van der Waals surface area (Å²) in [6.07, 6.45) is 2.34. The van der Waals surface area contributed by atoms with Gasteiger partial charge in [-0.3, -0.25) is 4.79 Å². The number of anilines is 3. The van der Waals surface area contributed by atoms with Gasteiger partial charge in [0.2, 0.25) is 0 Å². The maximum atomic E-state index is 12.6. The highest BCUT2D eigenvalue weighted by molar-refractivity contribution is 9.10. The number of nitrogens with zero attached hydrogens (tertiary/aromatic N) is 2. The number of carbonyl (C=O) groups is 1. The minimum Gasteiger partial charge on any atom is -0.340 e.